The maximum absolute atomic E-state index is 12.2. The van der Waals surface area contributed by atoms with Crippen LogP contribution in [0.1, 0.15) is 5.56 Å². The van der Waals surface area contributed by atoms with Gasteiger partial charge in [0, 0.05) is 22.7 Å². The Bertz CT molecular complexity index is 837. The summed E-state index contributed by atoms with van der Waals surface area (Å²) in [4.78, 5) is 12.2. The van der Waals surface area contributed by atoms with Gasteiger partial charge in [0.2, 0.25) is 0 Å². The number of rotatable bonds is 0. The Morgan fingerprint density at radius 3 is 2.67 bits per heavy atom. The summed E-state index contributed by atoms with van der Waals surface area (Å²) < 4.78 is 1.80. The molecule has 3 aromatic rings. The number of fused-ring (bicyclic) bond motifs is 2. The maximum atomic E-state index is 12.2. The smallest absolute Gasteiger partial charge is 0.292 e. The molecule has 5 nitrogen and oxygen atoms in total. The Morgan fingerprint density at radius 2 is 1.89 bits per heavy atom. The molecular formula is C13H12N3O2+. The fourth-order valence-corrected chi connectivity index (χ4v) is 2.12. The molecule has 18 heavy (non-hydrogen) atoms. The van der Waals surface area contributed by atoms with Gasteiger partial charge >= 0.3 is 0 Å². The number of hydrogen-bond acceptors (Lipinski definition) is 3. The first kappa shape index (κ1) is 10.6. The minimum Gasteiger partial charge on any atom is -0.427 e. The van der Waals surface area contributed by atoms with Crippen molar-refractivity contribution in [1.82, 2.24) is 4.73 Å². The van der Waals surface area contributed by atoms with Crippen LogP contribution in [0.5, 0.6) is 0 Å². The predicted octanol–water partition coefficient (Wildman–Crippen LogP) is 1.84. The monoisotopic (exact) mass is 242 g/mol. The third kappa shape index (κ3) is 1.34. The van der Waals surface area contributed by atoms with Gasteiger partial charge < -0.3 is 10.9 Å². The molecule has 5 heteroatoms. The minimum absolute atomic E-state index is 0.342. The van der Waals surface area contributed by atoms with Gasteiger partial charge in [0.1, 0.15) is 0 Å². The molecule has 0 amide bonds. The maximum Gasteiger partial charge on any atom is 0.292 e. The van der Waals surface area contributed by atoms with Crippen LogP contribution < -0.4 is 10.2 Å². The van der Waals surface area contributed by atoms with Crippen LogP contribution in [0.25, 0.3) is 22.1 Å². The number of aryl methyl sites for hydroxylation is 1. The van der Waals surface area contributed by atoms with Crippen molar-refractivity contribution >= 4 is 27.8 Å². The molecule has 0 atom stereocenters. The Hall–Kier alpha value is -2.56. The second-order valence-electron chi connectivity index (χ2n) is 4.35. The summed E-state index contributed by atoms with van der Waals surface area (Å²) in [5.74, 6) is 0. The number of nitrogens with zero attached hydrogens (tertiary/aromatic N) is 2. The predicted molar refractivity (Wildman–Crippen MR) is 69.1 cm³/mol. The zero-order valence-corrected chi connectivity index (χ0v) is 9.79. The largest absolute Gasteiger partial charge is 0.427 e. The molecule has 0 saturated heterocycles. The summed E-state index contributed by atoms with van der Waals surface area (Å²) >= 11 is 0. The average Bonchev–Trinajstić information content (AvgIpc) is 2.36. The van der Waals surface area contributed by atoms with Crippen molar-refractivity contribution in [3.8, 4) is 0 Å². The highest BCUT2D eigenvalue weighted by Crippen LogP contribution is 2.19. The summed E-state index contributed by atoms with van der Waals surface area (Å²) in [5, 5.41) is 10.2. The lowest BCUT2D eigenvalue weighted by Gasteiger charge is -2.04. The molecule has 0 unspecified atom stereocenters. The fourth-order valence-electron chi connectivity index (χ4n) is 2.12. The molecule has 0 spiro atoms. The van der Waals surface area contributed by atoms with Crippen molar-refractivity contribution in [2.24, 2.45) is 0 Å². The molecule has 2 aromatic carbocycles. The second-order valence-corrected chi connectivity index (χ2v) is 4.35. The van der Waals surface area contributed by atoms with E-state index < -0.39 is 0 Å². The zero-order valence-electron chi connectivity index (χ0n) is 9.79. The summed E-state index contributed by atoms with van der Waals surface area (Å²) in [6.45, 7) is 1.90. The molecule has 0 bridgehead atoms. The number of hydrogen-bond donors (Lipinski definition) is 2. The highest BCUT2D eigenvalue weighted by Gasteiger charge is 2.18. The number of benzene rings is 2. The Kier molecular flexibility index (Phi) is 2.04. The molecule has 3 rings (SSSR count). The molecule has 1 aromatic heterocycles. The molecule has 0 fully saturated rings. The van der Waals surface area contributed by atoms with Crippen molar-refractivity contribution < 1.29 is 9.63 Å². The minimum atomic E-state index is 0.342. The third-order valence-corrected chi connectivity index (χ3v) is 3.02. The average molecular weight is 242 g/mol. The topological polar surface area (TPSA) is 74.2 Å². The van der Waals surface area contributed by atoms with Crippen molar-refractivity contribution in [2.45, 2.75) is 6.92 Å². The summed E-state index contributed by atoms with van der Waals surface area (Å²) in [5.41, 5.74) is 8.77. The van der Waals surface area contributed by atoms with Gasteiger partial charge in [-0.2, -0.15) is 4.73 Å². The van der Waals surface area contributed by atoms with E-state index in [4.69, 9.17) is 5.73 Å². The Morgan fingerprint density at radius 1 is 1.11 bits per heavy atom. The molecule has 90 valence electrons. The first-order chi connectivity index (χ1) is 8.58. The summed E-state index contributed by atoms with van der Waals surface area (Å²) in [6, 6.07) is 10.1. The van der Waals surface area contributed by atoms with E-state index in [1.165, 1.54) is 0 Å². The molecular weight excluding hydrogens is 230 g/mol. The van der Waals surface area contributed by atoms with Gasteiger partial charge in [-0.25, -0.2) is 0 Å². The summed E-state index contributed by atoms with van der Waals surface area (Å²) in [7, 11) is 0. The quantitative estimate of drug-likeness (QED) is 0.273. The number of aromatic nitrogens is 2. The van der Waals surface area contributed by atoms with Crippen LogP contribution in [-0.4, -0.2) is 9.94 Å². The zero-order chi connectivity index (χ0) is 12.9. The van der Waals surface area contributed by atoms with Gasteiger partial charge in [-0.1, -0.05) is 6.07 Å². The van der Waals surface area contributed by atoms with Crippen LogP contribution in [0.4, 0.5) is 5.69 Å². The van der Waals surface area contributed by atoms with Crippen molar-refractivity contribution in [3.63, 3.8) is 0 Å². The van der Waals surface area contributed by atoms with Gasteiger partial charge in [-0.3, -0.25) is 0 Å². The van der Waals surface area contributed by atoms with Gasteiger partial charge in [-0.15, -0.1) is 0 Å². The molecule has 0 aliphatic rings. The van der Waals surface area contributed by atoms with Gasteiger partial charge in [0.15, 0.2) is 11.0 Å². The van der Waals surface area contributed by atoms with E-state index >= 15 is 0 Å². The third-order valence-electron chi connectivity index (χ3n) is 3.02. The van der Waals surface area contributed by atoms with Gasteiger partial charge in [0.05, 0.1) is 4.43 Å². The van der Waals surface area contributed by atoms with E-state index in [1.807, 2.05) is 13.0 Å². The highest BCUT2D eigenvalue weighted by atomic mass is 16.5. The van der Waals surface area contributed by atoms with Crippen LogP contribution in [0, 0.1) is 11.8 Å². The highest BCUT2D eigenvalue weighted by molar-refractivity contribution is 5.84. The van der Waals surface area contributed by atoms with Gasteiger partial charge in [-0.05, 0) is 30.7 Å². The van der Waals surface area contributed by atoms with Crippen LogP contribution in [0.3, 0.4) is 0 Å². The van der Waals surface area contributed by atoms with E-state index in [-0.39, 0.29) is 0 Å². The SMILES string of the molecule is Cc1ccc2c(c1)n(O)c1ccc(N)cc1[n+]2=O. The molecule has 0 aliphatic heterocycles. The summed E-state index contributed by atoms with van der Waals surface area (Å²) in [6.07, 6.45) is 0. The number of nitrogens with two attached hydrogens (primary N) is 1. The molecule has 1 heterocycles. The number of anilines is 1. The van der Waals surface area contributed by atoms with E-state index in [0.717, 1.165) is 14.7 Å². The van der Waals surface area contributed by atoms with Gasteiger partial charge in [0.25, 0.3) is 11.0 Å². The van der Waals surface area contributed by atoms with E-state index in [2.05, 4.69) is 0 Å². The van der Waals surface area contributed by atoms with Crippen LogP contribution in [0.2, 0.25) is 0 Å². The lowest BCUT2D eigenvalue weighted by atomic mass is 10.2. The lowest BCUT2D eigenvalue weighted by Crippen LogP contribution is -2.20. The van der Waals surface area contributed by atoms with Crippen molar-refractivity contribution in [1.29, 1.82) is 0 Å². The standard InChI is InChI=1S/C13H12N3O2/c1-8-2-4-10-12(6-8)15(17)11-5-3-9(14)7-13(11)16(10)18/h2-7,17H,14H2,1H3/q+1. The van der Waals surface area contributed by atoms with Crippen molar-refractivity contribution in [2.75, 3.05) is 5.73 Å². The molecule has 0 radical (unpaired) electrons. The van der Waals surface area contributed by atoms with E-state index in [0.29, 0.717) is 27.8 Å². The molecule has 0 aliphatic carbocycles. The van der Waals surface area contributed by atoms with Crippen LogP contribution >= 0.6 is 0 Å². The number of nitrogen functional groups attached to an aromatic ring is 1. The Labute approximate surface area is 102 Å². The first-order valence-corrected chi connectivity index (χ1v) is 5.54. The van der Waals surface area contributed by atoms with Crippen molar-refractivity contribution in [3.05, 3.63) is 46.9 Å². The molecule has 0 saturated carbocycles. The molecule has 3 N–H and O–H groups in total. The van der Waals surface area contributed by atoms with E-state index in [9.17, 15) is 10.1 Å². The normalized spacial score (nSPS) is 11.2. The van der Waals surface area contributed by atoms with Crippen LogP contribution in [0.15, 0.2) is 36.4 Å². The first-order valence-electron chi connectivity index (χ1n) is 5.54. The van der Waals surface area contributed by atoms with Crippen LogP contribution in [-0.2, 0) is 0 Å². The Balaban J connectivity index is 2.65. The van der Waals surface area contributed by atoms with E-state index in [1.54, 1.807) is 30.3 Å². The lowest BCUT2D eigenvalue weighted by molar-refractivity contribution is -0.433. The fraction of sp³-hybridized carbons (Fsp3) is 0.0769. The second kappa shape index (κ2) is 3.46.